The Labute approximate surface area is 142 Å². The Kier molecular flexibility index (Phi) is 5.39. The maximum absolute atomic E-state index is 12.1. The highest BCUT2D eigenvalue weighted by Crippen LogP contribution is 2.25. The summed E-state index contributed by atoms with van der Waals surface area (Å²) in [4.78, 5) is 23.6. The van der Waals surface area contributed by atoms with Gasteiger partial charge in [0.05, 0.1) is 7.11 Å². The largest absolute Gasteiger partial charge is 0.507 e. The number of phenolic OH excluding ortho intramolecular Hbond substituents is 1. The number of methoxy groups -OCH3 is 1. The Bertz CT molecular complexity index is 755. The van der Waals surface area contributed by atoms with E-state index in [1.807, 2.05) is 0 Å². The van der Waals surface area contributed by atoms with Gasteiger partial charge in [-0.1, -0.05) is 15.9 Å². The van der Waals surface area contributed by atoms with Crippen LogP contribution in [0.15, 0.2) is 40.9 Å². The minimum Gasteiger partial charge on any atom is -0.507 e. The van der Waals surface area contributed by atoms with Gasteiger partial charge in [0.2, 0.25) is 0 Å². The second kappa shape index (κ2) is 7.28. The minimum atomic E-state index is -0.668. The van der Waals surface area contributed by atoms with Crippen LogP contribution in [0, 0.1) is 0 Å². The molecule has 2 aromatic rings. The van der Waals surface area contributed by atoms with Crippen LogP contribution in [0.1, 0.15) is 33.2 Å². The van der Waals surface area contributed by atoms with E-state index in [1.165, 1.54) is 26.2 Å². The van der Waals surface area contributed by atoms with Crippen molar-refractivity contribution in [1.82, 2.24) is 0 Å². The first-order chi connectivity index (χ1) is 10.9. The summed E-state index contributed by atoms with van der Waals surface area (Å²) in [6.07, 6.45) is 0. The minimum absolute atomic E-state index is 0.0565. The number of benzene rings is 2. The van der Waals surface area contributed by atoms with E-state index >= 15 is 0 Å². The van der Waals surface area contributed by atoms with Gasteiger partial charge < -0.3 is 14.6 Å². The molecule has 0 aromatic heterocycles. The van der Waals surface area contributed by atoms with Gasteiger partial charge in [0.25, 0.3) is 0 Å². The molecule has 0 aliphatic heterocycles. The molecule has 23 heavy (non-hydrogen) atoms. The van der Waals surface area contributed by atoms with Crippen molar-refractivity contribution in [3.05, 3.63) is 57.6 Å². The number of carbonyl (C=O) groups excluding carboxylic acids is 2. The van der Waals surface area contributed by atoms with E-state index in [0.717, 1.165) is 0 Å². The van der Waals surface area contributed by atoms with E-state index in [9.17, 15) is 14.7 Å². The Morgan fingerprint density at radius 1 is 1.17 bits per heavy atom. The molecule has 6 heteroatoms. The van der Waals surface area contributed by atoms with Crippen molar-refractivity contribution in [2.75, 3.05) is 7.11 Å². The lowest BCUT2D eigenvalue weighted by atomic mass is 10.1. The number of hydrogen-bond donors (Lipinski definition) is 1. The number of phenols is 1. The molecule has 0 atom stereocenters. The van der Waals surface area contributed by atoms with E-state index < -0.39 is 5.97 Å². The van der Waals surface area contributed by atoms with Crippen LogP contribution in [0.2, 0.25) is 0 Å². The molecule has 0 saturated heterocycles. The normalized spacial score (nSPS) is 10.2. The molecule has 0 aliphatic rings. The third-order valence-electron chi connectivity index (χ3n) is 3.22. The average Bonchev–Trinajstić information content (AvgIpc) is 2.54. The van der Waals surface area contributed by atoms with Crippen LogP contribution < -0.4 is 4.74 Å². The van der Waals surface area contributed by atoms with Crippen molar-refractivity contribution >= 4 is 27.7 Å². The predicted octanol–water partition coefficient (Wildman–Crippen LogP) is 3.72. The van der Waals surface area contributed by atoms with E-state index in [0.29, 0.717) is 21.3 Å². The summed E-state index contributed by atoms with van der Waals surface area (Å²) >= 11 is 3.23. The lowest BCUT2D eigenvalue weighted by Gasteiger charge is -2.11. The fourth-order valence-electron chi connectivity index (χ4n) is 2.00. The molecule has 0 bridgehead atoms. The summed E-state index contributed by atoms with van der Waals surface area (Å²) < 4.78 is 11.1. The van der Waals surface area contributed by atoms with Crippen LogP contribution >= 0.6 is 15.9 Å². The Morgan fingerprint density at radius 2 is 1.91 bits per heavy atom. The lowest BCUT2D eigenvalue weighted by Crippen LogP contribution is -2.07. The van der Waals surface area contributed by atoms with Gasteiger partial charge in [-0.3, -0.25) is 4.79 Å². The van der Waals surface area contributed by atoms with E-state index in [2.05, 4.69) is 15.9 Å². The van der Waals surface area contributed by atoms with Crippen LogP contribution in [0.5, 0.6) is 11.5 Å². The number of aromatic hydroxyl groups is 1. The zero-order chi connectivity index (χ0) is 17.0. The summed E-state index contributed by atoms with van der Waals surface area (Å²) in [5.41, 5.74) is 1.13. The van der Waals surface area contributed by atoms with Gasteiger partial charge in [0.1, 0.15) is 23.7 Å². The Morgan fingerprint density at radius 3 is 2.57 bits per heavy atom. The highest BCUT2D eigenvalue weighted by Gasteiger charge is 2.15. The summed E-state index contributed by atoms with van der Waals surface area (Å²) in [7, 11) is 1.49. The van der Waals surface area contributed by atoms with Gasteiger partial charge in [-0.15, -0.1) is 0 Å². The average molecular weight is 379 g/mol. The molecule has 2 rings (SSSR count). The summed E-state index contributed by atoms with van der Waals surface area (Å²) in [5, 5.41) is 9.73. The number of ether oxygens (including phenoxy) is 2. The zero-order valence-electron chi connectivity index (χ0n) is 12.6. The SMILES string of the molecule is COc1ccc(C(C)=O)cc1COC(=O)c1cc(Br)ccc1O. The maximum atomic E-state index is 12.1. The second-order valence-corrected chi connectivity index (χ2v) is 5.74. The quantitative estimate of drug-likeness (QED) is 0.633. The number of ketones is 1. The lowest BCUT2D eigenvalue weighted by molar-refractivity contribution is 0.0467. The summed E-state index contributed by atoms with van der Waals surface area (Å²) in [5.74, 6) is -0.409. The van der Waals surface area contributed by atoms with Gasteiger partial charge in [0.15, 0.2) is 5.78 Å². The number of rotatable bonds is 5. The topological polar surface area (TPSA) is 72.8 Å². The molecular weight excluding hydrogens is 364 g/mol. The number of halogens is 1. The summed E-state index contributed by atoms with van der Waals surface area (Å²) in [6, 6.07) is 9.41. The molecule has 0 unspecified atom stereocenters. The van der Waals surface area contributed by atoms with Crippen molar-refractivity contribution in [2.45, 2.75) is 13.5 Å². The maximum Gasteiger partial charge on any atom is 0.342 e. The van der Waals surface area contributed by atoms with E-state index in [4.69, 9.17) is 9.47 Å². The van der Waals surface area contributed by atoms with Crippen molar-refractivity contribution in [3.8, 4) is 11.5 Å². The molecule has 0 amide bonds. The monoisotopic (exact) mass is 378 g/mol. The van der Waals surface area contributed by atoms with E-state index in [1.54, 1.807) is 24.3 Å². The highest BCUT2D eigenvalue weighted by atomic mass is 79.9. The highest BCUT2D eigenvalue weighted by molar-refractivity contribution is 9.10. The fourth-order valence-corrected chi connectivity index (χ4v) is 2.36. The van der Waals surface area contributed by atoms with Gasteiger partial charge in [-0.05, 0) is 43.3 Å². The van der Waals surface area contributed by atoms with Crippen LogP contribution in [-0.2, 0) is 11.3 Å². The molecule has 0 spiro atoms. The number of esters is 1. The standard InChI is InChI=1S/C17H15BrO5/c1-10(19)11-3-6-16(22-2)12(7-11)9-23-17(21)14-8-13(18)4-5-15(14)20/h3-8,20H,9H2,1-2H3. The molecule has 120 valence electrons. The zero-order valence-corrected chi connectivity index (χ0v) is 14.2. The third-order valence-corrected chi connectivity index (χ3v) is 3.72. The van der Waals surface area contributed by atoms with Gasteiger partial charge in [-0.25, -0.2) is 4.79 Å². The van der Waals surface area contributed by atoms with Crippen LogP contribution in [0.4, 0.5) is 0 Å². The van der Waals surface area contributed by atoms with Gasteiger partial charge in [-0.2, -0.15) is 0 Å². The fraction of sp³-hybridized carbons (Fsp3) is 0.176. The van der Waals surface area contributed by atoms with Crippen molar-refractivity contribution in [1.29, 1.82) is 0 Å². The van der Waals surface area contributed by atoms with Crippen molar-refractivity contribution < 1.29 is 24.2 Å². The first-order valence-corrected chi connectivity index (χ1v) is 7.55. The molecule has 0 radical (unpaired) electrons. The third kappa shape index (κ3) is 4.10. The Hall–Kier alpha value is -2.34. The first-order valence-electron chi connectivity index (χ1n) is 6.76. The molecule has 2 aromatic carbocycles. The molecular formula is C17H15BrO5. The Balaban J connectivity index is 2.19. The number of Topliss-reactive ketones (excluding diaryl/α,β-unsaturated/α-hetero) is 1. The van der Waals surface area contributed by atoms with E-state index in [-0.39, 0.29) is 23.7 Å². The van der Waals surface area contributed by atoms with Crippen LogP contribution in [0.3, 0.4) is 0 Å². The van der Waals surface area contributed by atoms with Gasteiger partial charge in [0, 0.05) is 15.6 Å². The molecule has 1 N–H and O–H groups in total. The van der Waals surface area contributed by atoms with Gasteiger partial charge >= 0.3 is 5.97 Å². The number of hydrogen-bond acceptors (Lipinski definition) is 5. The van der Waals surface area contributed by atoms with Crippen molar-refractivity contribution in [3.63, 3.8) is 0 Å². The number of carbonyl (C=O) groups is 2. The molecule has 5 nitrogen and oxygen atoms in total. The van der Waals surface area contributed by atoms with Crippen LogP contribution in [0.25, 0.3) is 0 Å². The van der Waals surface area contributed by atoms with Crippen molar-refractivity contribution in [2.24, 2.45) is 0 Å². The molecule has 0 saturated carbocycles. The molecule has 0 heterocycles. The van der Waals surface area contributed by atoms with Crippen LogP contribution in [-0.4, -0.2) is 24.0 Å². The smallest absolute Gasteiger partial charge is 0.342 e. The molecule has 0 aliphatic carbocycles. The first kappa shape index (κ1) is 17.0. The second-order valence-electron chi connectivity index (χ2n) is 4.82. The predicted molar refractivity (Wildman–Crippen MR) is 87.9 cm³/mol. The summed E-state index contributed by atoms with van der Waals surface area (Å²) in [6.45, 7) is 1.38. The molecule has 0 fully saturated rings.